The Labute approximate surface area is 331 Å². The topological polar surface area (TPSA) is 47.5 Å². The van der Waals surface area contributed by atoms with Gasteiger partial charge in [-0.3, -0.25) is 0 Å². The van der Waals surface area contributed by atoms with Crippen molar-refractivity contribution in [3.63, 3.8) is 0 Å². The highest BCUT2D eigenvalue weighted by Crippen LogP contribution is 2.46. The van der Waals surface area contributed by atoms with Gasteiger partial charge in [0.15, 0.2) is 17.5 Å². The fraction of sp³-hybridized carbons (Fsp3) is 0. The van der Waals surface area contributed by atoms with Crippen LogP contribution < -0.4 is 0 Å². The fourth-order valence-electron chi connectivity index (χ4n) is 9.71. The third-order valence-corrected chi connectivity index (χ3v) is 12.1. The molecule has 4 aromatic heterocycles. The van der Waals surface area contributed by atoms with Crippen LogP contribution in [-0.4, -0.2) is 23.8 Å². The van der Waals surface area contributed by atoms with E-state index < -0.39 is 0 Å². The second-order valence-corrected chi connectivity index (χ2v) is 15.1. The lowest BCUT2D eigenvalue weighted by atomic mass is 9.94. The van der Waals surface area contributed by atoms with Gasteiger partial charge in [0.05, 0.1) is 33.1 Å². The van der Waals surface area contributed by atoms with Crippen LogP contribution >= 0.6 is 0 Å². The monoisotopic (exact) mass is 737 g/mol. The number of nitrogens with zero attached hydrogens (tertiary/aromatic N) is 5. The maximum atomic E-state index is 5.30. The molecule has 0 atom stereocenters. The zero-order valence-electron chi connectivity index (χ0n) is 31.1. The predicted molar refractivity (Wildman–Crippen MR) is 241 cm³/mol. The molecular formula is C53H31N5. The Balaban J connectivity index is 1.34. The number of hydrogen-bond donors (Lipinski definition) is 0. The smallest absolute Gasteiger partial charge is 0.166 e. The highest BCUT2D eigenvalue weighted by atomic mass is 15.0. The number of fused-ring (bicyclic) bond motifs is 15. The predicted octanol–water partition coefficient (Wildman–Crippen LogP) is 13.5. The van der Waals surface area contributed by atoms with Crippen LogP contribution in [0.4, 0.5) is 0 Å². The van der Waals surface area contributed by atoms with Crippen LogP contribution in [0.25, 0.3) is 121 Å². The molecular weight excluding hydrogens is 707 g/mol. The summed E-state index contributed by atoms with van der Waals surface area (Å²) < 4.78 is 5.05. The first-order chi connectivity index (χ1) is 28.8. The van der Waals surface area contributed by atoms with Crippen molar-refractivity contribution in [1.82, 2.24) is 23.8 Å². The Morgan fingerprint density at radius 1 is 0.259 bits per heavy atom. The average molecular weight is 738 g/mol. The van der Waals surface area contributed by atoms with Gasteiger partial charge < -0.3 is 8.80 Å². The maximum Gasteiger partial charge on any atom is 0.166 e. The van der Waals surface area contributed by atoms with E-state index in [0.717, 1.165) is 44.1 Å². The van der Waals surface area contributed by atoms with E-state index in [0.29, 0.717) is 17.5 Å². The first-order valence-corrected chi connectivity index (χ1v) is 19.7. The van der Waals surface area contributed by atoms with Crippen LogP contribution in [0, 0.1) is 0 Å². The van der Waals surface area contributed by atoms with E-state index in [1.807, 2.05) is 36.4 Å². The Morgan fingerprint density at radius 2 is 0.707 bits per heavy atom. The third kappa shape index (κ3) is 4.22. The molecule has 0 radical (unpaired) electrons. The minimum atomic E-state index is 0.627. The molecule has 0 aliphatic carbocycles. The van der Waals surface area contributed by atoms with E-state index in [1.165, 1.54) is 59.5 Å². The number of hydrogen-bond acceptors (Lipinski definition) is 3. The highest BCUT2D eigenvalue weighted by Gasteiger charge is 2.24. The van der Waals surface area contributed by atoms with Crippen LogP contribution in [0.15, 0.2) is 188 Å². The average Bonchev–Trinajstić information content (AvgIpc) is 3.82. The van der Waals surface area contributed by atoms with Gasteiger partial charge in [-0.2, -0.15) is 0 Å². The standard InChI is InChI=1S/C53H31N5/c1-3-16-32(17-4-1)51-54-52(33-18-5-2-6-19-33)56-53(55-51)43-29-14-26-40-41-27-15-31-45-49(41)58(48(40)43)50-38-24-10-8-21-35(38)34-20-7-9-23-37(34)46(50)42-28-13-25-39-36-22-11-12-30-44(36)57(45)47(39)42/h1-31H. The van der Waals surface area contributed by atoms with Gasteiger partial charge in [-0.05, 0) is 34.4 Å². The molecule has 58 heavy (non-hydrogen) atoms. The number of rotatable bonds is 3. The molecule has 0 saturated heterocycles. The second-order valence-electron chi connectivity index (χ2n) is 15.1. The van der Waals surface area contributed by atoms with Gasteiger partial charge in [0, 0.05) is 54.4 Å². The lowest BCUT2D eigenvalue weighted by Gasteiger charge is -2.16. The molecule has 0 fully saturated rings. The second kappa shape index (κ2) is 11.8. The molecule has 0 aliphatic heterocycles. The lowest BCUT2D eigenvalue weighted by molar-refractivity contribution is 1.07. The molecule has 268 valence electrons. The molecule has 5 heteroatoms. The van der Waals surface area contributed by atoms with E-state index in [1.54, 1.807) is 0 Å². The van der Waals surface area contributed by atoms with E-state index in [-0.39, 0.29) is 0 Å². The van der Waals surface area contributed by atoms with Gasteiger partial charge in [0.2, 0.25) is 0 Å². The number of para-hydroxylation sites is 4. The Morgan fingerprint density at radius 3 is 1.41 bits per heavy atom. The first-order valence-electron chi connectivity index (χ1n) is 19.7. The largest absolute Gasteiger partial charge is 0.306 e. The van der Waals surface area contributed by atoms with Gasteiger partial charge in [-0.1, -0.05) is 170 Å². The first kappa shape index (κ1) is 31.3. The molecule has 0 unspecified atom stereocenters. The van der Waals surface area contributed by atoms with Crippen LogP contribution in [-0.2, 0) is 0 Å². The van der Waals surface area contributed by atoms with Gasteiger partial charge in [-0.25, -0.2) is 15.0 Å². The molecule has 0 N–H and O–H groups in total. The van der Waals surface area contributed by atoms with Crippen molar-refractivity contribution in [3.8, 4) is 34.2 Å². The molecule has 0 saturated carbocycles. The minimum absolute atomic E-state index is 0.627. The summed E-state index contributed by atoms with van der Waals surface area (Å²) in [5.74, 6) is 1.90. The molecule has 4 heterocycles. The molecule has 0 spiro atoms. The summed E-state index contributed by atoms with van der Waals surface area (Å²) >= 11 is 0. The molecule has 0 aliphatic rings. The van der Waals surface area contributed by atoms with Gasteiger partial charge in [-0.15, -0.1) is 0 Å². The Bertz CT molecular complexity index is 3790. The normalized spacial score (nSPS) is 12.1. The summed E-state index contributed by atoms with van der Waals surface area (Å²) in [5.41, 5.74) is 9.70. The zero-order chi connectivity index (χ0) is 37.9. The molecule has 0 bridgehead atoms. The van der Waals surface area contributed by atoms with Crippen LogP contribution in [0.5, 0.6) is 0 Å². The summed E-state index contributed by atoms with van der Waals surface area (Å²) in [6, 6.07) is 67.3. The van der Waals surface area contributed by atoms with E-state index in [2.05, 4.69) is 160 Å². The maximum absolute atomic E-state index is 5.30. The van der Waals surface area contributed by atoms with Gasteiger partial charge in [0.25, 0.3) is 0 Å². The molecule has 13 rings (SSSR count). The Hall–Kier alpha value is -7.89. The minimum Gasteiger partial charge on any atom is -0.306 e. The van der Waals surface area contributed by atoms with Crippen LogP contribution in [0.3, 0.4) is 0 Å². The summed E-state index contributed by atoms with van der Waals surface area (Å²) in [6.45, 7) is 0. The fourth-order valence-corrected chi connectivity index (χ4v) is 9.71. The van der Waals surface area contributed by atoms with E-state index in [4.69, 9.17) is 15.0 Å². The molecule has 0 amide bonds. The highest BCUT2D eigenvalue weighted by molar-refractivity contribution is 6.34. The van der Waals surface area contributed by atoms with Crippen molar-refractivity contribution in [3.05, 3.63) is 188 Å². The SMILES string of the molecule is c1ccc(-c2nc(-c3ccccc3)nc(-c3cccc4c5cccc6c5n(c34)c3c4ccccc4c4ccccc4c3c3cccc4c5ccccc5n6c43)n2)cc1. The van der Waals surface area contributed by atoms with Gasteiger partial charge in [0.1, 0.15) is 0 Å². The Kier molecular flexibility index (Phi) is 6.38. The van der Waals surface area contributed by atoms with Crippen molar-refractivity contribution < 1.29 is 0 Å². The summed E-state index contributed by atoms with van der Waals surface area (Å²) in [6.07, 6.45) is 0. The quantitative estimate of drug-likeness (QED) is 0.170. The lowest BCUT2D eigenvalue weighted by Crippen LogP contribution is -2.01. The van der Waals surface area contributed by atoms with Crippen molar-refractivity contribution in [2.75, 3.05) is 0 Å². The van der Waals surface area contributed by atoms with Crippen LogP contribution in [0.2, 0.25) is 0 Å². The molecule has 5 nitrogen and oxygen atoms in total. The third-order valence-electron chi connectivity index (χ3n) is 12.1. The summed E-state index contributed by atoms with van der Waals surface area (Å²) in [7, 11) is 0. The van der Waals surface area contributed by atoms with Crippen molar-refractivity contribution in [2.24, 2.45) is 0 Å². The summed E-state index contributed by atoms with van der Waals surface area (Å²) in [5, 5.41) is 12.0. The van der Waals surface area contributed by atoms with Crippen LogP contribution in [0.1, 0.15) is 0 Å². The zero-order valence-corrected chi connectivity index (χ0v) is 31.1. The number of benzene rings is 9. The van der Waals surface area contributed by atoms with E-state index >= 15 is 0 Å². The molecule has 9 aromatic carbocycles. The molecule has 13 aromatic rings. The van der Waals surface area contributed by atoms with E-state index in [9.17, 15) is 0 Å². The number of aromatic nitrogens is 5. The van der Waals surface area contributed by atoms with Crippen molar-refractivity contribution in [2.45, 2.75) is 0 Å². The summed E-state index contributed by atoms with van der Waals surface area (Å²) in [4.78, 5) is 15.7. The van der Waals surface area contributed by atoms with Crippen molar-refractivity contribution in [1.29, 1.82) is 0 Å². The van der Waals surface area contributed by atoms with Gasteiger partial charge >= 0.3 is 0 Å². The van der Waals surface area contributed by atoms with Crippen molar-refractivity contribution >= 4 is 87.0 Å².